The summed E-state index contributed by atoms with van der Waals surface area (Å²) in [5.41, 5.74) is 0. The Balaban J connectivity index is 1.42. The van der Waals surface area contributed by atoms with Gasteiger partial charge in [0, 0.05) is 51.4 Å². The van der Waals surface area contributed by atoms with Gasteiger partial charge in [-0.25, -0.2) is 4.98 Å². The summed E-state index contributed by atoms with van der Waals surface area (Å²) >= 11 is 0. The number of anilines is 1. The van der Waals surface area contributed by atoms with Crippen LogP contribution in [-0.4, -0.2) is 77.2 Å². The Kier molecular flexibility index (Phi) is 6.26. The van der Waals surface area contributed by atoms with Gasteiger partial charge in [0.15, 0.2) is 0 Å². The number of amides is 1. The van der Waals surface area contributed by atoms with Gasteiger partial charge in [0.1, 0.15) is 5.82 Å². The molecule has 2 saturated heterocycles. The zero-order valence-electron chi connectivity index (χ0n) is 15.2. The number of aliphatic hydroxyl groups excluding tert-OH is 1. The summed E-state index contributed by atoms with van der Waals surface area (Å²) < 4.78 is 0. The molecule has 0 radical (unpaired) electrons. The minimum absolute atomic E-state index is 0.253. The van der Waals surface area contributed by atoms with E-state index in [4.69, 9.17) is 0 Å². The van der Waals surface area contributed by atoms with Gasteiger partial charge in [-0.15, -0.1) is 0 Å². The third kappa shape index (κ3) is 4.92. The molecule has 3 rings (SSSR count). The van der Waals surface area contributed by atoms with Gasteiger partial charge in [0.2, 0.25) is 5.91 Å². The van der Waals surface area contributed by atoms with E-state index in [2.05, 4.69) is 14.8 Å². The molecule has 1 N–H and O–H groups in total. The quantitative estimate of drug-likeness (QED) is 0.843. The lowest BCUT2D eigenvalue weighted by Gasteiger charge is -2.36. The molecule has 6 nitrogen and oxygen atoms in total. The lowest BCUT2D eigenvalue weighted by atomic mass is 10.1. The molecule has 2 unspecified atom stereocenters. The molecule has 3 heterocycles. The predicted molar refractivity (Wildman–Crippen MR) is 98.5 cm³/mol. The number of piperazine rings is 1. The highest BCUT2D eigenvalue weighted by molar-refractivity contribution is 5.76. The average Bonchev–Trinajstić information content (AvgIpc) is 3.07. The number of aromatic nitrogens is 1. The molecule has 2 atom stereocenters. The Labute approximate surface area is 150 Å². The standard InChI is InChI=1S/C19H30N4O2/c1-16(24)15-17-5-4-9-21(17)10-7-19(25)23-13-11-22(12-14-23)18-6-2-3-8-20-18/h2-3,6,8,16-17,24H,4-5,7,9-15H2,1H3. The van der Waals surface area contributed by atoms with Crippen LogP contribution in [0.1, 0.15) is 32.6 Å². The van der Waals surface area contributed by atoms with Crippen LogP contribution in [0.15, 0.2) is 24.4 Å². The van der Waals surface area contributed by atoms with Crippen molar-refractivity contribution in [2.75, 3.05) is 44.2 Å². The molecular formula is C19H30N4O2. The van der Waals surface area contributed by atoms with Crippen molar-refractivity contribution in [3.63, 3.8) is 0 Å². The van der Waals surface area contributed by atoms with Gasteiger partial charge in [-0.3, -0.25) is 9.69 Å². The van der Waals surface area contributed by atoms with Crippen molar-refractivity contribution in [1.82, 2.24) is 14.8 Å². The van der Waals surface area contributed by atoms with E-state index < -0.39 is 0 Å². The molecule has 2 aliphatic heterocycles. The Bertz CT molecular complexity index is 544. The lowest BCUT2D eigenvalue weighted by molar-refractivity contribution is -0.131. The van der Waals surface area contributed by atoms with Gasteiger partial charge in [-0.05, 0) is 44.9 Å². The first-order chi connectivity index (χ1) is 12.1. The molecule has 0 spiro atoms. The van der Waals surface area contributed by atoms with E-state index >= 15 is 0 Å². The number of hydrogen-bond acceptors (Lipinski definition) is 5. The number of nitrogens with zero attached hydrogens (tertiary/aromatic N) is 4. The molecule has 25 heavy (non-hydrogen) atoms. The van der Waals surface area contributed by atoms with E-state index in [9.17, 15) is 9.90 Å². The first kappa shape index (κ1) is 18.1. The van der Waals surface area contributed by atoms with Crippen LogP contribution in [0.5, 0.6) is 0 Å². The van der Waals surface area contributed by atoms with Crippen molar-refractivity contribution in [1.29, 1.82) is 0 Å². The number of likely N-dealkylation sites (tertiary alicyclic amines) is 1. The smallest absolute Gasteiger partial charge is 0.223 e. The fourth-order valence-electron chi connectivity index (χ4n) is 3.97. The molecule has 0 saturated carbocycles. The highest BCUT2D eigenvalue weighted by atomic mass is 16.3. The largest absolute Gasteiger partial charge is 0.393 e. The van der Waals surface area contributed by atoms with E-state index in [1.807, 2.05) is 36.2 Å². The molecule has 138 valence electrons. The second-order valence-corrected chi connectivity index (χ2v) is 7.22. The third-order valence-corrected chi connectivity index (χ3v) is 5.33. The summed E-state index contributed by atoms with van der Waals surface area (Å²) in [5, 5.41) is 9.62. The highest BCUT2D eigenvalue weighted by Gasteiger charge is 2.27. The highest BCUT2D eigenvalue weighted by Crippen LogP contribution is 2.22. The third-order valence-electron chi connectivity index (χ3n) is 5.33. The van der Waals surface area contributed by atoms with E-state index in [0.717, 1.165) is 57.9 Å². The molecule has 0 aliphatic carbocycles. The topological polar surface area (TPSA) is 59.9 Å². The summed E-state index contributed by atoms with van der Waals surface area (Å²) in [7, 11) is 0. The van der Waals surface area contributed by atoms with Crippen LogP contribution in [-0.2, 0) is 4.79 Å². The first-order valence-corrected chi connectivity index (χ1v) is 9.49. The Hall–Kier alpha value is -1.66. The number of carbonyl (C=O) groups is 1. The van der Waals surface area contributed by atoms with Gasteiger partial charge in [0.05, 0.1) is 6.10 Å². The average molecular weight is 346 g/mol. The second-order valence-electron chi connectivity index (χ2n) is 7.22. The van der Waals surface area contributed by atoms with Crippen molar-refractivity contribution in [3.8, 4) is 0 Å². The molecule has 0 bridgehead atoms. The monoisotopic (exact) mass is 346 g/mol. The van der Waals surface area contributed by atoms with Crippen molar-refractivity contribution in [3.05, 3.63) is 24.4 Å². The van der Waals surface area contributed by atoms with Gasteiger partial charge < -0.3 is 14.9 Å². The maximum absolute atomic E-state index is 12.5. The molecule has 1 aromatic rings. The van der Waals surface area contributed by atoms with Gasteiger partial charge >= 0.3 is 0 Å². The summed E-state index contributed by atoms with van der Waals surface area (Å²) in [6, 6.07) is 6.38. The van der Waals surface area contributed by atoms with Crippen molar-refractivity contribution < 1.29 is 9.90 Å². The van der Waals surface area contributed by atoms with E-state index in [1.54, 1.807) is 0 Å². The van der Waals surface area contributed by atoms with Crippen molar-refractivity contribution in [2.24, 2.45) is 0 Å². The molecule has 2 aliphatic rings. The number of carbonyl (C=O) groups excluding carboxylic acids is 1. The fourth-order valence-corrected chi connectivity index (χ4v) is 3.97. The summed E-state index contributed by atoms with van der Waals surface area (Å²) in [6.45, 7) is 6.95. The zero-order valence-corrected chi connectivity index (χ0v) is 15.2. The number of pyridine rings is 1. The van der Waals surface area contributed by atoms with E-state index in [-0.39, 0.29) is 12.0 Å². The predicted octanol–water partition coefficient (Wildman–Crippen LogP) is 1.36. The number of hydrogen-bond donors (Lipinski definition) is 1. The molecular weight excluding hydrogens is 316 g/mol. The molecule has 0 aromatic carbocycles. The second kappa shape index (κ2) is 8.63. The van der Waals surface area contributed by atoms with Crippen LogP contribution in [0.25, 0.3) is 0 Å². The van der Waals surface area contributed by atoms with Gasteiger partial charge in [0.25, 0.3) is 0 Å². The van der Waals surface area contributed by atoms with E-state index in [1.165, 1.54) is 6.42 Å². The molecule has 1 amide bonds. The SMILES string of the molecule is CC(O)CC1CCCN1CCC(=O)N1CCN(c2ccccn2)CC1. The first-order valence-electron chi connectivity index (χ1n) is 9.49. The van der Waals surface area contributed by atoms with Crippen LogP contribution in [0.2, 0.25) is 0 Å². The Morgan fingerprint density at radius 2 is 2.08 bits per heavy atom. The van der Waals surface area contributed by atoms with Crippen LogP contribution in [0.3, 0.4) is 0 Å². The number of aliphatic hydroxyl groups is 1. The van der Waals surface area contributed by atoms with Gasteiger partial charge in [-0.2, -0.15) is 0 Å². The van der Waals surface area contributed by atoms with Crippen LogP contribution >= 0.6 is 0 Å². The minimum atomic E-state index is -0.263. The summed E-state index contributed by atoms with van der Waals surface area (Å²) in [4.78, 5) is 23.5. The molecule has 6 heteroatoms. The zero-order chi connectivity index (χ0) is 17.6. The van der Waals surface area contributed by atoms with E-state index in [0.29, 0.717) is 12.5 Å². The van der Waals surface area contributed by atoms with Crippen molar-refractivity contribution in [2.45, 2.75) is 44.8 Å². The van der Waals surface area contributed by atoms with Crippen LogP contribution < -0.4 is 4.90 Å². The van der Waals surface area contributed by atoms with Crippen LogP contribution in [0, 0.1) is 0 Å². The minimum Gasteiger partial charge on any atom is -0.393 e. The summed E-state index contributed by atoms with van der Waals surface area (Å²) in [6.07, 6.45) is 5.26. The van der Waals surface area contributed by atoms with Crippen molar-refractivity contribution >= 4 is 11.7 Å². The number of rotatable bonds is 6. The maximum Gasteiger partial charge on any atom is 0.223 e. The van der Waals surface area contributed by atoms with Crippen LogP contribution in [0.4, 0.5) is 5.82 Å². The van der Waals surface area contributed by atoms with Gasteiger partial charge in [-0.1, -0.05) is 6.07 Å². The summed E-state index contributed by atoms with van der Waals surface area (Å²) in [5.74, 6) is 1.25. The lowest BCUT2D eigenvalue weighted by Crippen LogP contribution is -2.49. The Morgan fingerprint density at radius 1 is 1.28 bits per heavy atom. The fraction of sp³-hybridized carbons (Fsp3) is 0.684. The maximum atomic E-state index is 12.5. The molecule has 1 aromatic heterocycles. The molecule has 2 fully saturated rings. The normalized spacial score (nSPS) is 23.0. The Morgan fingerprint density at radius 3 is 2.76 bits per heavy atom.